The number of carbonyl (C=O) groups is 1. The number of pyridine rings is 1. The summed E-state index contributed by atoms with van der Waals surface area (Å²) < 4.78 is 1.88. The second-order valence-electron chi connectivity index (χ2n) is 8.01. The first-order valence-corrected chi connectivity index (χ1v) is 10.9. The Hall–Kier alpha value is -3.93. The molecule has 0 saturated carbocycles. The van der Waals surface area contributed by atoms with E-state index >= 15 is 0 Å². The van der Waals surface area contributed by atoms with E-state index in [-0.39, 0.29) is 18.1 Å². The number of fused-ring (bicyclic) bond motifs is 1. The number of hydrogen-bond donors (Lipinski definition) is 1. The number of carbonyl (C=O) groups excluding carboxylic acids is 1. The lowest BCUT2D eigenvalue weighted by Crippen LogP contribution is -2.47. The van der Waals surface area contributed by atoms with E-state index in [9.17, 15) is 4.79 Å². The number of anilines is 1. The quantitative estimate of drug-likeness (QED) is 0.473. The molecule has 2 atom stereocenters. The van der Waals surface area contributed by atoms with E-state index in [1.807, 2.05) is 82.5 Å². The summed E-state index contributed by atoms with van der Waals surface area (Å²) in [5, 5.41) is 8.56. The molecule has 1 amide bonds. The minimum atomic E-state index is -0.340. The normalized spacial score (nSPS) is 16.4. The topological polar surface area (TPSA) is 63.1 Å². The predicted molar refractivity (Wildman–Crippen MR) is 126 cm³/mol. The molecule has 6 heteroatoms. The van der Waals surface area contributed by atoms with Gasteiger partial charge in [-0.3, -0.25) is 9.78 Å². The standard InChI is InChI=1S/C26H25N5O/c1-3-18(2)31-25(28-23-12-8-7-11-21(23)26(31)32)22-17-30(20-9-5-4-6-10-20)29-24(22)19-13-15-27-16-14-19/h4-18,25,28H,3H2,1-2H3/t18-,25+/m0/s1. The van der Waals surface area contributed by atoms with Crippen LogP contribution in [0.1, 0.15) is 42.4 Å². The molecule has 32 heavy (non-hydrogen) atoms. The fourth-order valence-corrected chi connectivity index (χ4v) is 4.18. The summed E-state index contributed by atoms with van der Waals surface area (Å²) in [6.07, 6.45) is 6.07. The van der Waals surface area contributed by atoms with Crippen molar-refractivity contribution in [3.8, 4) is 16.9 Å². The van der Waals surface area contributed by atoms with Crippen LogP contribution in [0.3, 0.4) is 0 Å². The molecule has 6 nitrogen and oxygen atoms in total. The molecule has 0 saturated heterocycles. The summed E-state index contributed by atoms with van der Waals surface area (Å²) in [5.41, 5.74) is 5.24. The molecule has 1 aliphatic heterocycles. The van der Waals surface area contributed by atoms with Gasteiger partial charge in [-0.15, -0.1) is 0 Å². The lowest BCUT2D eigenvalue weighted by molar-refractivity contribution is 0.0594. The first kappa shape index (κ1) is 20.0. The Balaban J connectivity index is 1.70. The van der Waals surface area contributed by atoms with Crippen molar-refractivity contribution in [2.75, 3.05) is 5.32 Å². The van der Waals surface area contributed by atoms with Crippen LogP contribution >= 0.6 is 0 Å². The predicted octanol–water partition coefficient (Wildman–Crippen LogP) is 5.30. The smallest absolute Gasteiger partial charge is 0.258 e. The van der Waals surface area contributed by atoms with Gasteiger partial charge in [0.25, 0.3) is 5.91 Å². The van der Waals surface area contributed by atoms with Crippen LogP contribution in [0.5, 0.6) is 0 Å². The summed E-state index contributed by atoms with van der Waals surface area (Å²) in [7, 11) is 0. The van der Waals surface area contributed by atoms with E-state index in [1.165, 1.54) is 0 Å². The summed E-state index contributed by atoms with van der Waals surface area (Å²) in [5.74, 6) is 0.0341. The molecule has 160 valence electrons. The number of nitrogens with zero attached hydrogens (tertiary/aromatic N) is 4. The summed E-state index contributed by atoms with van der Waals surface area (Å²) in [6, 6.07) is 21.7. The Morgan fingerprint density at radius 3 is 2.47 bits per heavy atom. The van der Waals surface area contributed by atoms with Crippen LogP contribution in [0.4, 0.5) is 5.69 Å². The average molecular weight is 424 g/mol. The second kappa shape index (κ2) is 8.30. The van der Waals surface area contributed by atoms with Crippen LogP contribution in [-0.4, -0.2) is 31.6 Å². The van der Waals surface area contributed by atoms with Crippen LogP contribution in [0.25, 0.3) is 16.9 Å². The van der Waals surface area contributed by atoms with Gasteiger partial charge >= 0.3 is 0 Å². The molecule has 0 radical (unpaired) electrons. The Kier molecular flexibility index (Phi) is 5.19. The molecular formula is C26H25N5O. The van der Waals surface area contributed by atoms with Gasteiger partial charge in [0.1, 0.15) is 6.17 Å². The molecule has 0 fully saturated rings. The Morgan fingerprint density at radius 2 is 1.72 bits per heavy atom. The van der Waals surface area contributed by atoms with Gasteiger partial charge in [0.15, 0.2) is 0 Å². The largest absolute Gasteiger partial charge is 0.361 e. The number of rotatable bonds is 5. The molecule has 1 N–H and O–H groups in total. The number of benzene rings is 2. The van der Waals surface area contributed by atoms with Gasteiger partial charge in [0.2, 0.25) is 0 Å². The van der Waals surface area contributed by atoms with Crippen molar-refractivity contribution in [2.45, 2.75) is 32.5 Å². The van der Waals surface area contributed by atoms with E-state index in [0.717, 1.165) is 34.6 Å². The summed E-state index contributed by atoms with van der Waals surface area (Å²) in [6.45, 7) is 4.20. The lowest BCUT2D eigenvalue weighted by Gasteiger charge is -2.41. The molecule has 2 aromatic heterocycles. The Morgan fingerprint density at radius 1 is 1.00 bits per heavy atom. The summed E-state index contributed by atoms with van der Waals surface area (Å²) >= 11 is 0. The highest BCUT2D eigenvalue weighted by molar-refractivity contribution is 6.02. The number of aromatic nitrogens is 3. The zero-order chi connectivity index (χ0) is 22.1. The highest BCUT2D eigenvalue weighted by atomic mass is 16.2. The van der Waals surface area contributed by atoms with Crippen molar-refractivity contribution in [1.82, 2.24) is 19.7 Å². The maximum atomic E-state index is 13.6. The van der Waals surface area contributed by atoms with E-state index in [4.69, 9.17) is 5.10 Å². The molecule has 2 aromatic carbocycles. The molecule has 0 bridgehead atoms. The van der Waals surface area contributed by atoms with Crippen LogP contribution in [0, 0.1) is 0 Å². The van der Waals surface area contributed by atoms with Crippen molar-refractivity contribution in [2.24, 2.45) is 0 Å². The van der Waals surface area contributed by atoms with Gasteiger partial charge in [-0.2, -0.15) is 5.10 Å². The van der Waals surface area contributed by atoms with Crippen LogP contribution in [0.2, 0.25) is 0 Å². The van der Waals surface area contributed by atoms with E-state index < -0.39 is 0 Å². The maximum absolute atomic E-state index is 13.6. The number of amides is 1. The van der Waals surface area contributed by atoms with Gasteiger partial charge in [-0.05, 0) is 49.7 Å². The van der Waals surface area contributed by atoms with Gasteiger partial charge < -0.3 is 10.2 Å². The number of para-hydroxylation sites is 2. The summed E-state index contributed by atoms with van der Waals surface area (Å²) in [4.78, 5) is 19.7. The Bertz CT molecular complexity index is 1240. The van der Waals surface area contributed by atoms with Gasteiger partial charge in [0.05, 0.1) is 16.9 Å². The molecule has 4 aromatic rings. The van der Waals surface area contributed by atoms with Gasteiger partial charge in [0, 0.05) is 41.4 Å². The third-order valence-electron chi connectivity index (χ3n) is 6.04. The Labute approximate surface area is 187 Å². The van der Waals surface area contributed by atoms with Crippen molar-refractivity contribution in [3.63, 3.8) is 0 Å². The third-order valence-corrected chi connectivity index (χ3v) is 6.04. The molecule has 5 rings (SSSR count). The van der Waals surface area contributed by atoms with Crippen LogP contribution in [-0.2, 0) is 0 Å². The van der Waals surface area contributed by atoms with Crippen LogP contribution in [0.15, 0.2) is 85.3 Å². The van der Waals surface area contributed by atoms with Crippen molar-refractivity contribution in [3.05, 3.63) is 96.4 Å². The molecular weight excluding hydrogens is 398 g/mol. The molecule has 0 aliphatic carbocycles. The number of hydrogen-bond acceptors (Lipinski definition) is 4. The van der Waals surface area contributed by atoms with E-state index in [2.05, 4.69) is 24.1 Å². The minimum absolute atomic E-state index is 0.0341. The van der Waals surface area contributed by atoms with Gasteiger partial charge in [-0.25, -0.2) is 4.68 Å². The van der Waals surface area contributed by atoms with E-state index in [1.54, 1.807) is 12.4 Å². The fourth-order valence-electron chi connectivity index (χ4n) is 4.18. The lowest BCUT2D eigenvalue weighted by atomic mass is 9.99. The zero-order valence-electron chi connectivity index (χ0n) is 18.1. The van der Waals surface area contributed by atoms with E-state index in [0.29, 0.717) is 5.56 Å². The SMILES string of the molecule is CC[C@H](C)N1C(=O)c2ccccc2N[C@H]1c1cn(-c2ccccc2)nc1-c1ccncc1. The van der Waals surface area contributed by atoms with Crippen molar-refractivity contribution >= 4 is 11.6 Å². The molecule has 0 spiro atoms. The molecule has 0 unspecified atom stereocenters. The highest BCUT2D eigenvalue weighted by Gasteiger charge is 2.37. The molecule has 1 aliphatic rings. The van der Waals surface area contributed by atoms with Crippen LogP contribution < -0.4 is 5.32 Å². The van der Waals surface area contributed by atoms with Crippen molar-refractivity contribution in [1.29, 1.82) is 0 Å². The highest BCUT2D eigenvalue weighted by Crippen LogP contribution is 2.38. The first-order chi connectivity index (χ1) is 15.7. The second-order valence-corrected chi connectivity index (χ2v) is 8.01. The zero-order valence-corrected chi connectivity index (χ0v) is 18.1. The fraction of sp³-hybridized carbons (Fsp3) is 0.192. The maximum Gasteiger partial charge on any atom is 0.258 e. The number of nitrogens with one attached hydrogen (secondary N) is 1. The molecule has 3 heterocycles. The minimum Gasteiger partial charge on any atom is -0.361 e. The average Bonchev–Trinajstić information content (AvgIpc) is 3.30. The monoisotopic (exact) mass is 423 g/mol. The van der Waals surface area contributed by atoms with Gasteiger partial charge in [-0.1, -0.05) is 37.3 Å². The first-order valence-electron chi connectivity index (χ1n) is 10.9. The third kappa shape index (κ3) is 3.43. The van der Waals surface area contributed by atoms with Crippen molar-refractivity contribution < 1.29 is 4.79 Å².